The van der Waals surface area contributed by atoms with E-state index in [0.29, 0.717) is 12.6 Å². The highest BCUT2D eigenvalue weighted by atomic mass is 19.4. The lowest BCUT2D eigenvalue weighted by molar-refractivity contribution is -0.137. The van der Waals surface area contributed by atoms with E-state index in [1.165, 1.54) is 0 Å². The van der Waals surface area contributed by atoms with Crippen molar-refractivity contribution in [2.45, 2.75) is 56.8 Å². The fraction of sp³-hybridized carbons (Fsp3) is 0.526. The molecule has 0 radical (unpaired) electrons. The number of alkyl halides is 3. The predicted molar refractivity (Wildman–Crippen MR) is 106 cm³/mol. The molecule has 2 aliphatic carbocycles. The van der Waals surface area contributed by atoms with E-state index in [1.807, 2.05) is 10.9 Å². The molecule has 2 fully saturated rings. The Labute approximate surface area is 176 Å². The Kier molecular flexibility index (Phi) is 4.78. The van der Waals surface area contributed by atoms with Crippen LogP contribution < -0.4 is 10.6 Å². The molecule has 0 aromatic carbocycles. The van der Waals surface area contributed by atoms with Crippen molar-refractivity contribution in [3.8, 4) is 0 Å². The molecule has 12 heteroatoms. The number of hydrogen-bond donors (Lipinski definition) is 2. The Hall–Kier alpha value is -3.18. The first kappa shape index (κ1) is 19.8. The smallest absolute Gasteiger partial charge is 0.370 e. The van der Waals surface area contributed by atoms with Crippen molar-refractivity contribution < 1.29 is 13.2 Å². The van der Waals surface area contributed by atoms with Gasteiger partial charge in [0.25, 0.3) is 0 Å². The van der Waals surface area contributed by atoms with Gasteiger partial charge in [-0.2, -0.15) is 38.2 Å². The summed E-state index contributed by atoms with van der Waals surface area (Å²) in [4.78, 5) is 9.70. The fourth-order valence-corrected chi connectivity index (χ4v) is 3.82. The molecule has 2 N–H and O–H groups in total. The summed E-state index contributed by atoms with van der Waals surface area (Å²) in [6.07, 6.45) is 5.35. The van der Waals surface area contributed by atoms with Gasteiger partial charge in [-0.15, -0.1) is 0 Å². The van der Waals surface area contributed by atoms with Crippen molar-refractivity contribution in [1.82, 2.24) is 34.7 Å². The molecule has 0 bridgehead atoms. The van der Waals surface area contributed by atoms with Crippen molar-refractivity contribution in [2.24, 2.45) is 0 Å². The SMILES string of the molecule is CCNc1nc(Nc2cn(C3CC3)nc2[C@H]2C[C@H](n3nccn3)C2)ncc1C(F)(F)F. The first-order valence-electron chi connectivity index (χ1n) is 10.3. The Morgan fingerprint density at radius 2 is 1.87 bits per heavy atom. The second-order valence-corrected chi connectivity index (χ2v) is 7.92. The maximum atomic E-state index is 13.2. The van der Waals surface area contributed by atoms with Gasteiger partial charge >= 0.3 is 6.18 Å². The van der Waals surface area contributed by atoms with Crippen molar-refractivity contribution in [1.29, 1.82) is 0 Å². The summed E-state index contributed by atoms with van der Waals surface area (Å²) in [6.45, 7) is 2.03. The summed E-state index contributed by atoms with van der Waals surface area (Å²) in [6, 6.07) is 0.602. The first-order valence-corrected chi connectivity index (χ1v) is 10.3. The van der Waals surface area contributed by atoms with E-state index in [0.717, 1.165) is 43.3 Å². The third-order valence-electron chi connectivity index (χ3n) is 5.63. The number of halogens is 3. The van der Waals surface area contributed by atoms with Gasteiger partial charge in [-0.05, 0) is 32.6 Å². The van der Waals surface area contributed by atoms with Crippen LogP contribution in [0.5, 0.6) is 0 Å². The molecule has 0 spiro atoms. The van der Waals surface area contributed by atoms with E-state index in [4.69, 9.17) is 5.10 Å². The highest BCUT2D eigenvalue weighted by Gasteiger charge is 2.38. The number of rotatable bonds is 7. The second-order valence-electron chi connectivity index (χ2n) is 7.92. The minimum atomic E-state index is -4.53. The summed E-state index contributed by atoms with van der Waals surface area (Å²) < 4.78 is 41.7. The lowest BCUT2D eigenvalue weighted by Gasteiger charge is -2.33. The molecule has 0 aliphatic heterocycles. The van der Waals surface area contributed by atoms with Gasteiger partial charge < -0.3 is 10.6 Å². The predicted octanol–water partition coefficient (Wildman–Crippen LogP) is 3.91. The summed E-state index contributed by atoms with van der Waals surface area (Å²) in [7, 11) is 0. The maximum Gasteiger partial charge on any atom is 0.421 e. The van der Waals surface area contributed by atoms with Gasteiger partial charge in [0, 0.05) is 24.9 Å². The third kappa shape index (κ3) is 3.93. The molecule has 0 saturated heterocycles. The molecule has 9 nitrogen and oxygen atoms in total. The lowest BCUT2D eigenvalue weighted by Crippen LogP contribution is -2.27. The number of anilines is 3. The van der Waals surface area contributed by atoms with E-state index in [-0.39, 0.29) is 23.7 Å². The molecule has 0 amide bonds. The Bertz CT molecular complexity index is 1050. The zero-order chi connectivity index (χ0) is 21.6. The lowest BCUT2D eigenvalue weighted by atomic mass is 9.78. The number of hydrogen-bond acceptors (Lipinski definition) is 7. The van der Waals surface area contributed by atoms with Gasteiger partial charge in [-0.3, -0.25) is 4.68 Å². The molecule has 31 heavy (non-hydrogen) atoms. The van der Waals surface area contributed by atoms with Gasteiger partial charge in [-0.1, -0.05) is 0 Å². The van der Waals surface area contributed by atoms with Crippen LogP contribution in [0.15, 0.2) is 24.8 Å². The fourth-order valence-electron chi connectivity index (χ4n) is 3.82. The molecule has 2 aliphatic rings. The summed E-state index contributed by atoms with van der Waals surface area (Å²) in [5.41, 5.74) is 0.720. The minimum Gasteiger partial charge on any atom is -0.370 e. The summed E-state index contributed by atoms with van der Waals surface area (Å²) >= 11 is 0. The molecule has 164 valence electrons. The minimum absolute atomic E-state index is 0.102. The molecule has 3 aromatic rings. The average Bonchev–Trinajstić information content (AvgIpc) is 3.24. The van der Waals surface area contributed by atoms with Crippen LogP contribution >= 0.6 is 0 Å². The molecule has 5 rings (SSSR count). The normalized spacial score (nSPS) is 21.0. The number of aromatic nitrogens is 7. The monoisotopic (exact) mass is 433 g/mol. The van der Waals surface area contributed by atoms with Crippen LogP contribution in [-0.4, -0.2) is 41.3 Å². The molecular weight excluding hydrogens is 411 g/mol. The third-order valence-corrected chi connectivity index (χ3v) is 5.63. The number of nitrogens with zero attached hydrogens (tertiary/aromatic N) is 7. The molecule has 0 unspecified atom stereocenters. The Morgan fingerprint density at radius 1 is 1.13 bits per heavy atom. The topological polar surface area (TPSA) is 98.4 Å². The highest BCUT2D eigenvalue weighted by Crippen LogP contribution is 2.47. The number of nitrogens with one attached hydrogen (secondary N) is 2. The van der Waals surface area contributed by atoms with Crippen molar-refractivity contribution in [3.05, 3.63) is 36.0 Å². The van der Waals surface area contributed by atoms with Crippen LogP contribution in [0.4, 0.5) is 30.6 Å². The summed E-state index contributed by atoms with van der Waals surface area (Å²) in [5, 5.41) is 19.0. The van der Waals surface area contributed by atoms with Gasteiger partial charge in [0.05, 0.1) is 35.9 Å². The standard InChI is InChI=1S/C19H22F3N9/c1-2-23-17-14(19(20,21)22)9-24-18(28-17)27-15-10-30(12-3-4-12)29-16(15)11-7-13(8-11)31-25-5-6-26-31/h5-6,9-13H,2-4,7-8H2,1H3,(H2,23,24,27,28)/t11-,13-. The zero-order valence-electron chi connectivity index (χ0n) is 16.8. The summed E-state index contributed by atoms with van der Waals surface area (Å²) in [5.74, 6) is 0.0726. The van der Waals surface area contributed by atoms with Gasteiger partial charge in [-0.25, -0.2) is 4.98 Å². The van der Waals surface area contributed by atoms with Gasteiger partial charge in [0.15, 0.2) is 0 Å². The molecule has 3 heterocycles. The van der Waals surface area contributed by atoms with E-state index in [1.54, 1.807) is 24.1 Å². The molecule has 3 aromatic heterocycles. The zero-order valence-corrected chi connectivity index (χ0v) is 16.8. The van der Waals surface area contributed by atoms with Gasteiger partial charge in [0.2, 0.25) is 5.95 Å². The Morgan fingerprint density at radius 3 is 2.52 bits per heavy atom. The van der Waals surface area contributed by atoms with Crippen LogP contribution in [0.2, 0.25) is 0 Å². The van der Waals surface area contributed by atoms with Crippen molar-refractivity contribution >= 4 is 17.5 Å². The second kappa shape index (κ2) is 7.50. The van der Waals surface area contributed by atoms with Crippen LogP contribution in [0.25, 0.3) is 0 Å². The molecular formula is C19H22F3N9. The van der Waals surface area contributed by atoms with Crippen LogP contribution in [-0.2, 0) is 6.18 Å². The van der Waals surface area contributed by atoms with Crippen molar-refractivity contribution in [2.75, 3.05) is 17.2 Å². The highest BCUT2D eigenvalue weighted by molar-refractivity contribution is 5.59. The molecule has 2 saturated carbocycles. The first-order chi connectivity index (χ1) is 14.9. The van der Waals surface area contributed by atoms with E-state index >= 15 is 0 Å². The van der Waals surface area contributed by atoms with E-state index < -0.39 is 11.7 Å². The average molecular weight is 433 g/mol. The van der Waals surface area contributed by atoms with Gasteiger partial charge in [0.1, 0.15) is 11.4 Å². The van der Waals surface area contributed by atoms with E-state index in [2.05, 4.69) is 30.8 Å². The largest absolute Gasteiger partial charge is 0.421 e. The van der Waals surface area contributed by atoms with Crippen LogP contribution in [0.3, 0.4) is 0 Å². The van der Waals surface area contributed by atoms with Crippen molar-refractivity contribution in [3.63, 3.8) is 0 Å². The Balaban J connectivity index is 1.39. The van der Waals surface area contributed by atoms with E-state index in [9.17, 15) is 13.2 Å². The van der Waals surface area contributed by atoms with Crippen LogP contribution in [0, 0.1) is 0 Å². The maximum absolute atomic E-state index is 13.2. The quantitative estimate of drug-likeness (QED) is 0.583. The molecule has 0 atom stereocenters. The van der Waals surface area contributed by atoms with Crippen LogP contribution in [0.1, 0.15) is 61.9 Å².